The second kappa shape index (κ2) is 9.62. The molecule has 0 heterocycles. The fourth-order valence-electron chi connectivity index (χ4n) is 1.21. The minimum absolute atomic E-state index is 0.0884. The molecule has 0 aliphatic rings. The molecule has 9 nitrogen and oxygen atoms in total. The van der Waals surface area contributed by atoms with E-state index in [9.17, 15) is 26.4 Å². The molecule has 0 saturated carbocycles. The number of rotatable bonds is 10. The van der Waals surface area contributed by atoms with Crippen molar-refractivity contribution in [3.05, 3.63) is 0 Å². The summed E-state index contributed by atoms with van der Waals surface area (Å²) in [7, 11) is -7.07. The van der Waals surface area contributed by atoms with Crippen molar-refractivity contribution >= 4 is 50.2 Å². The zero-order chi connectivity index (χ0) is 17.4. The summed E-state index contributed by atoms with van der Waals surface area (Å²) in [6, 6.07) is 0. The van der Waals surface area contributed by atoms with Crippen LogP contribution >= 0.6 is 21.2 Å². The Kier molecular flexibility index (Phi) is 9.41. The summed E-state index contributed by atoms with van der Waals surface area (Å²) in [5.41, 5.74) is 0. The molecule has 1 unspecified atom stereocenters. The second-order valence-electron chi connectivity index (χ2n) is 4.12. The maximum Gasteiger partial charge on any atom is 0.347 e. The van der Waals surface area contributed by atoms with E-state index in [1.165, 1.54) is 28.1 Å². The molecule has 0 amide bonds. The summed E-state index contributed by atoms with van der Waals surface area (Å²) in [5, 5.41) is 0. The minimum atomic E-state index is -3.80. The summed E-state index contributed by atoms with van der Waals surface area (Å²) < 4.78 is 56.1. The quantitative estimate of drug-likeness (QED) is 0.258. The molecule has 0 aliphatic heterocycles. The van der Waals surface area contributed by atoms with Gasteiger partial charge in [-0.2, -0.15) is 0 Å². The summed E-state index contributed by atoms with van der Waals surface area (Å²) >= 11 is 1.23. The molecule has 0 fully saturated rings. The van der Waals surface area contributed by atoms with Gasteiger partial charge in [0.1, 0.15) is 6.54 Å². The van der Waals surface area contributed by atoms with Crippen molar-refractivity contribution in [2.75, 3.05) is 24.7 Å². The average Bonchev–Trinajstić information content (AvgIpc) is 2.35. The number of carbonyl (C=O) groups excluding carboxylic acids is 2. The SMILES string of the molecule is CCOC(=O)C(C)OC(=O)CNS(=O)(=O)CCCS(=O)(=O)I. The standard InChI is InChI=1S/C10H18INO8S2/c1-3-19-10(14)8(2)20-9(13)7-12-22(17,18)6-4-5-21(11,15)16/h8,12H,3-7H2,1-2H3. The first kappa shape index (κ1) is 21.5. The zero-order valence-corrected chi connectivity index (χ0v) is 15.9. The second-order valence-corrected chi connectivity index (χ2v) is 11.6. The zero-order valence-electron chi connectivity index (χ0n) is 12.1. The Balaban J connectivity index is 4.20. The van der Waals surface area contributed by atoms with Crippen LogP contribution in [0.4, 0.5) is 0 Å². The van der Waals surface area contributed by atoms with Crippen molar-refractivity contribution in [3.8, 4) is 0 Å². The molecule has 0 aromatic rings. The van der Waals surface area contributed by atoms with Crippen LogP contribution in [0, 0.1) is 0 Å². The van der Waals surface area contributed by atoms with Gasteiger partial charge in [0, 0.05) is 0 Å². The van der Waals surface area contributed by atoms with Gasteiger partial charge in [0.2, 0.25) is 17.0 Å². The molecule has 0 bridgehead atoms. The lowest BCUT2D eigenvalue weighted by Gasteiger charge is -2.12. The van der Waals surface area contributed by atoms with E-state index in [1.54, 1.807) is 6.92 Å². The first-order valence-corrected chi connectivity index (χ1v) is 12.1. The predicted octanol–water partition coefficient (Wildman–Crippen LogP) is -0.444. The van der Waals surface area contributed by atoms with Gasteiger partial charge in [-0.3, -0.25) is 4.79 Å². The number of sulfonamides is 1. The van der Waals surface area contributed by atoms with Crippen molar-refractivity contribution in [2.45, 2.75) is 26.4 Å². The third kappa shape index (κ3) is 11.1. The first-order valence-electron chi connectivity index (χ1n) is 6.22. The Morgan fingerprint density at radius 3 is 2.27 bits per heavy atom. The van der Waals surface area contributed by atoms with Crippen LogP contribution in [0.3, 0.4) is 0 Å². The molecule has 1 atom stereocenters. The van der Waals surface area contributed by atoms with Gasteiger partial charge in [0.05, 0.1) is 39.3 Å². The highest BCUT2D eigenvalue weighted by Crippen LogP contribution is 2.04. The van der Waals surface area contributed by atoms with Crippen molar-refractivity contribution in [1.82, 2.24) is 4.72 Å². The lowest BCUT2D eigenvalue weighted by molar-refractivity contribution is -0.165. The van der Waals surface area contributed by atoms with Gasteiger partial charge in [0.15, 0.2) is 6.10 Å². The van der Waals surface area contributed by atoms with E-state index in [-0.39, 0.29) is 18.8 Å². The average molecular weight is 471 g/mol. The summed E-state index contributed by atoms with van der Waals surface area (Å²) in [6.45, 7) is 2.38. The fraction of sp³-hybridized carbons (Fsp3) is 0.800. The maximum atomic E-state index is 11.5. The van der Waals surface area contributed by atoms with Crippen LogP contribution in [0.25, 0.3) is 0 Å². The van der Waals surface area contributed by atoms with Crippen LogP contribution in [0.5, 0.6) is 0 Å². The monoisotopic (exact) mass is 471 g/mol. The number of esters is 2. The number of hydrogen-bond donors (Lipinski definition) is 1. The lowest BCUT2D eigenvalue weighted by atomic mass is 10.4. The highest BCUT2D eigenvalue weighted by Gasteiger charge is 2.20. The summed E-state index contributed by atoms with van der Waals surface area (Å²) in [4.78, 5) is 22.6. The van der Waals surface area contributed by atoms with Crippen LogP contribution in [0.2, 0.25) is 0 Å². The molecular formula is C10H18INO8S2. The highest BCUT2D eigenvalue weighted by molar-refractivity contribution is 14.2. The summed E-state index contributed by atoms with van der Waals surface area (Å²) in [6.07, 6.45) is -1.23. The molecule has 130 valence electrons. The van der Waals surface area contributed by atoms with Crippen molar-refractivity contribution in [2.24, 2.45) is 0 Å². The van der Waals surface area contributed by atoms with Crippen molar-refractivity contribution < 1.29 is 35.9 Å². The molecular weight excluding hydrogens is 453 g/mol. The van der Waals surface area contributed by atoms with E-state index in [0.717, 1.165) is 0 Å². The lowest BCUT2D eigenvalue weighted by Crippen LogP contribution is -2.35. The minimum Gasteiger partial charge on any atom is -0.463 e. The van der Waals surface area contributed by atoms with Gasteiger partial charge in [-0.15, -0.1) is 0 Å². The van der Waals surface area contributed by atoms with E-state index < -0.39 is 47.4 Å². The van der Waals surface area contributed by atoms with Crippen molar-refractivity contribution in [1.29, 1.82) is 0 Å². The molecule has 12 heteroatoms. The van der Waals surface area contributed by atoms with E-state index >= 15 is 0 Å². The van der Waals surface area contributed by atoms with Crippen molar-refractivity contribution in [3.63, 3.8) is 0 Å². The number of nitrogens with one attached hydrogen (secondary N) is 1. The van der Waals surface area contributed by atoms with E-state index in [0.29, 0.717) is 0 Å². The first-order chi connectivity index (χ1) is 9.97. The Hall–Kier alpha value is -0.470. The molecule has 0 aromatic carbocycles. The third-order valence-corrected chi connectivity index (χ3v) is 5.67. The van der Waals surface area contributed by atoms with Gasteiger partial charge in [-0.25, -0.2) is 26.4 Å². The molecule has 22 heavy (non-hydrogen) atoms. The van der Waals surface area contributed by atoms with E-state index in [2.05, 4.69) is 9.47 Å². The molecule has 0 aliphatic carbocycles. The Morgan fingerprint density at radius 1 is 1.18 bits per heavy atom. The number of halogens is 1. The predicted molar refractivity (Wildman–Crippen MR) is 86.4 cm³/mol. The van der Waals surface area contributed by atoms with Gasteiger partial charge in [-0.1, -0.05) is 0 Å². The van der Waals surface area contributed by atoms with Crippen LogP contribution in [0.1, 0.15) is 20.3 Å². The smallest absolute Gasteiger partial charge is 0.347 e. The third-order valence-electron chi connectivity index (χ3n) is 2.16. The number of hydrogen-bond acceptors (Lipinski definition) is 8. The Labute approximate surface area is 141 Å². The Bertz CT molecular complexity index is 586. The van der Waals surface area contributed by atoms with Gasteiger partial charge >= 0.3 is 11.9 Å². The highest BCUT2D eigenvalue weighted by atomic mass is 127. The Morgan fingerprint density at radius 2 is 1.77 bits per heavy atom. The number of carbonyl (C=O) groups is 2. The molecule has 0 saturated heterocycles. The molecule has 0 spiro atoms. The summed E-state index contributed by atoms with van der Waals surface area (Å²) in [5.74, 6) is -2.38. The normalized spacial score (nSPS) is 13.4. The molecule has 0 aromatic heterocycles. The fourth-order valence-corrected chi connectivity index (χ4v) is 3.82. The molecule has 0 radical (unpaired) electrons. The van der Waals surface area contributed by atoms with Gasteiger partial charge in [0.25, 0.3) is 0 Å². The largest absolute Gasteiger partial charge is 0.463 e. The van der Waals surface area contributed by atoms with Crippen LogP contribution in [-0.2, 0) is 36.1 Å². The van der Waals surface area contributed by atoms with Gasteiger partial charge in [-0.05, 0) is 20.3 Å². The van der Waals surface area contributed by atoms with E-state index in [4.69, 9.17) is 0 Å². The van der Waals surface area contributed by atoms with E-state index in [1.807, 2.05) is 4.72 Å². The maximum absolute atomic E-state index is 11.5. The topological polar surface area (TPSA) is 133 Å². The van der Waals surface area contributed by atoms with Crippen LogP contribution in [-0.4, -0.2) is 59.5 Å². The van der Waals surface area contributed by atoms with Crippen LogP contribution in [0.15, 0.2) is 0 Å². The van der Waals surface area contributed by atoms with Gasteiger partial charge < -0.3 is 9.47 Å². The number of ether oxygens (including phenoxy) is 2. The van der Waals surface area contributed by atoms with Crippen LogP contribution < -0.4 is 4.72 Å². The molecule has 0 rings (SSSR count). The molecule has 1 N–H and O–H groups in total.